The van der Waals surface area contributed by atoms with Crippen molar-refractivity contribution < 1.29 is 19.0 Å². The predicted molar refractivity (Wildman–Crippen MR) is 157 cm³/mol. The van der Waals surface area contributed by atoms with Gasteiger partial charge in [0.25, 0.3) is 5.56 Å². The van der Waals surface area contributed by atoms with Crippen molar-refractivity contribution in [3.05, 3.63) is 88.5 Å². The Kier molecular flexibility index (Phi) is 9.12. The van der Waals surface area contributed by atoms with Crippen LogP contribution in [0.5, 0.6) is 11.5 Å². The highest BCUT2D eigenvalue weighted by Crippen LogP contribution is 2.34. The highest BCUT2D eigenvalue weighted by molar-refractivity contribution is 9.10. The fraction of sp³-hybridized carbons (Fsp3) is 0.367. The molecule has 3 aromatic rings. The van der Waals surface area contributed by atoms with E-state index in [9.17, 15) is 9.59 Å². The van der Waals surface area contributed by atoms with Crippen LogP contribution in [0.25, 0.3) is 6.08 Å². The number of halogens is 1. The zero-order valence-electron chi connectivity index (χ0n) is 23.0. The number of fused-ring (bicyclic) bond motifs is 1. The molecule has 4 rings (SSSR count). The summed E-state index contributed by atoms with van der Waals surface area (Å²) in [4.78, 5) is 32.7. The van der Waals surface area contributed by atoms with Crippen LogP contribution in [-0.2, 0) is 9.53 Å². The number of nitrogens with zero attached hydrogens (tertiary/aromatic N) is 2. The number of rotatable bonds is 9. The van der Waals surface area contributed by atoms with E-state index in [1.54, 1.807) is 37.9 Å². The number of methoxy groups -OCH3 is 2. The lowest BCUT2D eigenvalue weighted by Gasteiger charge is -2.26. The lowest BCUT2D eigenvalue weighted by Crippen LogP contribution is -2.40. The van der Waals surface area contributed by atoms with E-state index < -0.39 is 12.0 Å². The monoisotopic (exact) mass is 612 g/mol. The molecule has 0 bridgehead atoms. The van der Waals surface area contributed by atoms with Crippen LogP contribution in [0.2, 0.25) is 0 Å². The van der Waals surface area contributed by atoms with Crippen molar-refractivity contribution >= 4 is 39.3 Å². The first-order valence-corrected chi connectivity index (χ1v) is 14.6. The molecule has 0 N–H and O–H groups in total. The Morgan fingerprint density at radius 2 is 1.82 bits per heavy atom. The summed E-state index contributed by atoms with van der Waals surface area (Å²) in [5, 5.41) is 0. The Bertz CT molecular complexity index is 1580. The highest BCUT2D eigenvalue weighted by Gasteiger charge is 2.34. The van der Waals surface area contributed by atoms with Crippen LogP contribution in [0.4, 0.5) is 0 Å². The van der Waals surface area contributed by atoms with E-state index in [1.807, 2.05) is 25.1 Å². The number of carbonyl (C=O) groups excluding carboxylic acids is 1. The summed E-state index contributed by atoms with van der Waals surface area (Å²) in [6, 6.07) is 11.1. The third-order valence-electron chi connectivity index (χ3n) is 6.60. The van der Waals surface area contributed by atoms with Crippen LogP contribution in [0.3, 0.4) is 0 Å². The van der Waals surface area contributed by atoms with E-state index in [4.69, 9.17) is 19.2 Å². The molecule has 2 aromatic carbocycles. The third-order valence-corrected chi connectivity index (χ3v) is 8.20. The van der Waals surface area contributed by atoms with Crippen molar-refractivity contribution in [3.8, 4) is 11.5 Å². The summed E-state index contributed by atoms with van der Waals surface area (Å²) in [5.41, 5.74) is 3.57. The maximum Gasteiger partial charge on any atom is 0.338 e. The van der Waals surface area contributed by atoms with Crippen molar-refractivity contribution in [1.29, 1.82) is 0 Å². The molecule has 1 atom stereocenters. The minimum atomic E-state index is -0.644. The molecule has 0 saturated heterocycles. The van der Waals surface area contributed by atoms with Crippen molar-refractivity contribution in [2.24, 2.45) is 4.99 Å². The number of allylic oxidation sites excluding steroid dienone is 1. The van der Waals surface area contributed by atoms with Gasteiger partial charge in [0.2, 0.25) is 0 Å². The van der Waals surface area contributed by atoms with Gasteiger partial charge in [-0.3, -0.25) is 9.36 Å². The van der Waals surface area contributed by atoms with Gasteiger partial charge in [0, 0.05) is 11.6 Å². The third kappa shape index (κ3) is 5.75. The summed E-state index contributed by atoms with van der Waals surface area (Å²) >= 11 is 4.82. The maximum atomic E-state index is 14.0. The van der Waals surface area contributed by atoms with Gasteiger partial charge < -0.3 is 14.2 Å². The van der Waals surface area contributed by atoms with E-state index in [0.717, 1.165) is 16.5 Å². The molecule has 0 amide bonds. The van der Waals surface area contributed by atoms with E-state index in [0.29, 0.717) is 50.0 Å². The van der Waals surface area contributed by atoms with Crippen LogP contribution in [0.1, 0.15) is 69.2 Å². The molecule has 1 aliphatic heterocycles. The summed E-state index contributed by atoms with van der Waals surface area (Å²) in [5.74, 6) is 1.10. The molecule has 0 aliphatic carbocycles. The lowest BCUT2D eigenvalue weighted by molar-refractivity contribution is -0.139. The van der Waals surface area contributed by atoms with Crippen LogP contribution < -0.4 is 24.4 Å². The highest BCUT2D eigenvalue weighted by atomic mass is 79.9. The Morgan fingerprint density at radius 3 is 2.41 bits per heavy atom. The molecule has 0 spiro atoms. The Labute approximate surface area is 240 Å². The first-order valence-electron chi connectivity index (χ1n) is 13.0. The van der Waals surface area contributed by atoms with Gasteiger partial charge in [0.1, 0.15) is 11.5 Å². The number of thiazole rings is 1. The second kappa shape index (κ2) is 12.3. The van der Waals surface area contributed by atoms with Gasteiger partial charge in [-0.15, -0.1) is 0 Å². The maximum absolute atomic E-state index is 14.0. The number of esters is 1. The van der Waals surface area contributed by atoms with Crippen LogP contribution in [0, 0.1) is 0 Å². The second-order valence-corrected chi connectivity index (χ2v) is 11.3. The summed E-state index contributed by atoms with van der Waals surface area (Å²) in [6.45, 7) is 8.32. The number of carbonyl (C=O) groups is 1. The van der Waals surface area contributed by atoms with Crippen LogP contribution in [0.15, 0.2) is 61.9 Å². The smallest absolute Gasteiger partial charge is 0.338 e. The van der Waals surface area contributed by atoms with Crippen molar-refractivity contribution in [2.75, 3.05) is 20.8 Å². The molecule has 0 saturated carbocycles. The number of benzene rings is 2. The number of ether oxygens (including phenoxy) is 3. The Morgan fingerprint density at radius 1 is 1.13 bits per heavy atom. The molecular weight excluding hydrogens is 580 g/mol. The van der Waals surface area contributed by atoms with Gasteiger partial charge in [-0.25, -0.2) is 9.79 Å². The molecule has 1 aromatic heterocycles. The minimum absolute atomic E-state index is 0.233. The van der Waals surface area contributed by atoms with Gasteiger partial charge >= 0.3 is 5.97 Å². The van der Waals surface area contributed by atoms with Crippen molar-refractivity contribution in [2.45, 2.75) is 52.5 Å². The van der Waals surface area contributed by atoms with Gasteiger partial charge in [-0.2, -0.15) is 0 Å². The first kappa shape index (κ1) is 28.8. The SMILES string of the molecule is CCCC1=C(C(=O)OCC)[C@@H](c2ccc(C(C)C)cc2)n2c(s/c(=C\c3cc(Br)c(OC)cc3OC)c2=O)=N1. The second-order valence-electron chi connectivity index (χ2n) is 9.46. The standard InChI is InChI=1S/C30H33BrN2O5S/c1-7-9-22-26(29(35)38-8-2)27(19-12-10-18(11-13-19)17(3)4)33-28(34)25(39-30(33)32-22)15-20-14-21(31)24(37-6)16-23(20)36-5/h10-17,27H,7-9H2,1-6H3/b25-15-/t27-/m1/s1. The number of hydrogen-bond acceptors (Lipinski definition) is 7. The quantitative estimate of drug-likeness (QED) is 0.299. The fourth-order valence-corrected chi connectivity index (χ4v) is 6.17. The van der Waals surface area contributed by atoms with Crippen molar-refractivity contribution in [1.82, 2.24) is 4.57 Å². The van der Waals surface area contributed by atoms with Gasteiger partial charge in [0.15, 0.2) is 4.80 Å². The number of hydrogen-bond donors (Lipinski definition) is 0. The van der Waals surface area contributed by atoms with Gasteiger partial charge in [0.05, 0.1) is 47.1 Å². The summed E-state index contributed by atoms with van der Waals surface area (Å²) in [7, 11) is 3.16. The number of aromatic nitrogens is 1. The molecule has 39 heavy (non-hydrogen) atoms. The lowest BCUT2D eigenvalue weighted by atomic mass is 9.92. The van der Waals surface area contributed by atoms with Gasteiger partial charge in [-0.05, 0) is 58.5 Å². The molecular formula is C30H33BrN2O5S. The van der Waals surface area contributed by atoms with Gasteiger partial charge in [-0.1, -0.05) is 62.8 Å². The Hall–Kier alpha value is -3.17. The van der Waals surface area contributed by atoms with Crippen LogP contribution >= 0.6 is 27.3 Å². The van der Waals surface area contributed by atoms with Crippen molar-refractivity contribution in [3.63, 3.8) is 0 Å². The first-order chi connectivity index (χ1) is 18.7. The molecule has 2 heterocycles. The minimum Gasteiger partial charge on any atom is -0.496 e. The summed E-state index contributed by atoms with van der Waals surface area (Å²) in [6.07, 6.45) is 3.19. The Balaban J connectivity index is 1.99. The summed E-state index contributed by atoms with van der Waals surface area (Å²) < 4.78 is 19.3. The molecule has 1 aliphatic rings. The van der Waals surface area contributed by atoms with E-state index in [-0.39, 0.29) is 12.2 Å². The zero-order valence-corrected chi connectivity index (χ0v) is 25.4. The zero-order chi connectivity index (χ0) is 28.3. The largest absolute Gasteiger partial charge is 0.496 e. The average Bonchev–Trinajstić information content (AvgIpc) is 3.22. The van der Waals surface area contributed by atoms with E-state index >= 15 is 0 Å². The average molecular weight is 614 g/mol. The van der Waals surface area contributed by atoms with Crippen LogP contribution in [-0.4, -0.2) is 31.4 Å². The molecule has 206 valence electrons. The van der Waals surface area contributed by atoms with E-state index in [2.05, 4.69) is 41.9 Å². The predicted octanol–water partition coefficient (Wildman–Crippen LogP) is 5.48. The topological polar surface area (TPSA) is 79.1 Å². The normalized spacial score (nSPS) is 15.3. The molecule has 9 heteroatoms. The van der Waals surface area contributed by atoms with E-state index in [1.165, 1.54) is 16.9 Å². The molecule has 7 nitrogen and oxygen atoms in total. The fourth-order valence-electron chi connectivity index (χ4n) is 4.64. The molecule has 0 unspecified atom stereocenters. The molecule has 0 fully saturated rings. The molecule has 0 radical (unpaired) electrons.